The fraction of sp³-hybridized carbons (Fsp3) is 0.400. The molecule has 1 N–H and O–H groups in total. The first-order valence-electron chi connectivity index (χ1n) is 4.22. The first-order chi connectivity index (χ1) is 6.15. The molecule has 1 aromatic heterocycles. The molecule has 0 aliphatic heterocycles. The van der Waals surface area contributed by atoms with E-state index in [1.807, 2.05) is 6.92 Å². The van der Waals surface area contributed by atoms with Crippen LogP contribution in [0.25, 0.3) is 0 Å². The zero-order valence-electron chi connectivity index (χ0n) is 7.59. The van der Waals surface area contributed by atoms with Crippen molar-refractivity contribution >= 4 is 15.9 Å². The molecule has 0 fully saturated rings. The number of rotatable bonds is 4. The molecule has 72 valence electrons. The van der Waals surface area contributed by atoms with Crippen molar-refractivity contribution < 1.29 is 9.52 Å². The van der Waals surface area contributed by atoms with Crippen molar-refractivity contribution in [2.24, 2.45) is 0 Å². The van der Waals surface area contributed by atoms with Crippen LogP contribution in [0.5, 0.6) is 0 Å². The highest BCUT2D eigenvalue weighted by Gasteiger charge is 2.13. The van der Waals surface area contributed by atoms with Gasteiger partial charge in [0, 0.05) is 5.56 Å². The van der Waals surface area contributed by atoms with Gasteiger partial charge in [0.1, 0.15) is 0 Å². The smallest absolute Gasteiger partial charge is 0.174 e. The van der Waals surface area contributed by atoms with Gasteiger partial charge >= 0.3 is 0 Å². The van der Waals surface area contributed by atoms with E-state index in [9.17, 15) is 5.11 Å². The van der Waals surface area contributed by atoms with Crippen molar-refractivity contribution in [3.63, 3.8) is 0 Å². The third-order valence-electron chi connectivity index (χ3n) is 1.99. The van der Waals surface area contributed by atoms with Crippen LogP contribution in [-0.4, -0.2) is 5.11 Å². The van der Waals surface area contributed by atoms with E-state index >= 15 is 0 Å². The normalized spacial score (nSPS) is 12.8. The molecule has 0 bridgehead atoms. The minimum Gasteiger partial charge on any atom is -0.457 e. The third kappa shape index (κ3) is 2.71. The Balaban J connectivity index is 2.63. The maximum absolute atomic E-state index is 9.74. The maximum atomic E-state index is 9.74. The Bertz CT molecular complexity index is 291. The van der Waals surface area contributed by atoms with Crippen molar-refractivity contribution in [2.75, 3.05) is 0 Å². The largest absolute Gasteiger partial charge is 0.457 e. The molecular weight excluding hydrogens is 232 g/mol. The Morgan fingerprint density at radius 2 is 2.46 bits per heavy atom. The van der Waals surface area contributed by atoms with Crippen LogP contribution in [0.4, 0.5) is 0 Å². The molecule has 0 amide bonds. The highest BCUT2D eigenvalue weighted by molar-refractivity contribution is 9.10. The van der Waals surface area contributed by atoms with E-state index in [2.05, 4.69) is 22.5 Å². The number of hydrogen-bond acceptors (Lipinski definition) is 2. The van der Waals surface area contributed by atoms with E-state index in [1.54, 1.807) is 12.3 Å². The first-order valence-corrected chi connectivity index (χ1v) is 5.02. The van der Waals surface area contributed by atoms with Gasteiger partial charge in [0.2, 0.25) is 0 Å². The molecule has 0 spiro atoms. The summed E-state index contributed by atoms with van der Waals surface area (Å²) in [6, 6.07) is 1.76. The average Bonchev–Trinajstić information content (AvgIpc) is 2.51. The first kappa shape index (κ1) is 10.5. The molecule has 0 saturated heterocycles. The third-order valence-corrected chi connectivity index (χ3v) is 2.63. The highest BCUT2D eigenvalue weighted by atomic mass is 79.9. The van der Waals surface area contributed by atoms with E-state index in [4.69, 9.17) is 4.42 Å². The van der Waals surface area contributed by atoms with Crippen molar-refractivity contribution in [1.29, 1.82) is 0 Å². The van der Waals surface area contributed by atoms with Gasteiger partial charge in [-0.25, -0.2) is 0 Å². The van der Waals surface area contributed by atoms with E-state index in [-0.39, 0.29) is 0 Å². The number of halogens is 1. The fourth-order valence-electron chi connectivity index (χ4n) is 1.07. The minimum atomic E-state index is -0.513. The van der Waals surface area contributed by atoms with E-state index in [1.165, 1.54) is 0 Å². The Labute approximate surface area is 86.4 Å². The molecule has 0 aliphatic carbocycles. The molecule has 1 heterocycles. The molecule has 1 atom stereocenters. The molecule has 3 heteroatoms. The van der Waals surface area contributed by atoms with Gasteiger partial charge in [0.05, 0.1) is 12.4 Å². The lowest BCUT2D eigenvalue weighted by Crippen LogP contribution is -1.97. The Morgan fingerprint density at radius 1 is 1.77 bits per heavy atom. The topological polar surface area (TPSA) is 33.4 Å². The Morgan fingerprint density at radius 3 is 2.92 bits per heavy atom. The van der Waals surface area contributed by atoms with E-state index in [0.717, 1.165) is 17.6 Å². The van der Waals surface area contributed by atoms with Crippen molar-refractivity contribution in [2.45, 2.75) is 25.9 Å². The van der Waals surface area contributed by atoms with Crippen molar-refractivity contribution in [3.05, 3.63) is 34.7 Å². The predicted molar refractivity (Wildman–Crippen MR) is 55.4 cm³/mol. The van der Waals surface area contributed by atoms with Gasteiger partial charge in [-0.15, -0.1) is 0 Å². The maximum Gasteiger partial charge on any atom is 0.174 e. The fourth-order valence-corrected chi connectivity index (χ4v) is 1.57. The molecule has 0 saturated carbocycles. The van der Waals surface area contributed by atoms with Gasteiger partial charge in [-0.05, 0) is 34.8 Å². The standard InChI is InChI=1S/C10H13BrO2/c1-3-7(2)6-9(12)8-4-5-13-10(8)11/h4-5,9,12H,2-3,6H2,1H3. The van der Waals surface area contributed by atoms with Gasteiger partial charge in [0.25, 0.3) is 0 Å². The van der Waals surface area contributed by atoms with E-state index < -0.39 is 6.10 Å². The summed E-state index contributed by atoms with van der Waals surface area (Å²) in [6.07, 6.45) is 2.53. The van der Waals surface area contributed by atoms with Crippen LogP contribution in [0.1, 0.15) is 31.4 Å². The summed E-state index contributed by atoms with van der Waals surface area (Å²) >= 11 is 3.22. The zero-order valence-corrected chi connectivity index (χ0v) is 9.17. The highest BCUT2D eigenvalue weighted by Crippen LogP contribution is 2.28. The summed E-state index contributed by atoms with van der Waals surface area (Å²) in [7, 11) is 0. The number of aliphatic hydroxyl groups excluding tert-OH is 1. The molecule has 13 heavy (non-hydrogen) atoms. The van der Waals surface area contributed by atoms with Crippen LogP contribution in [0.2, 0.25) is 0 Å². The van der Waals surface area contributed by atoms with Crippen molar-refractivity contribution in [1.82, 2.24) is 0 Å². The molecule has 0 aliphatic rings. The van der Waals surface area contributed by atoms with Crippen LogP contribution < -0.4 is 0 Å². The summed E-state index contributed by atoms with van der Waals surface area (Å²) in [5, 5.41) is 9.74. The van der Waals surface area contributed by atoms with Crippen LogP contribution in [-0.2, 0) is 0 Å². The van der Waals surface area contributed by atoms with Gasteiger partial charge in [-0.3, -0.25) is 0 Å². The number of hydrogen-bond donors (Lipinski definition) is 1. The minimum absolute atomic E-state index is 0.513. The molecule has 1 rings (SSSR count). The predicted octanol–water partition coefficient (Wildman–Crippen LogP) is 3.43. The molecule has 0 aromatic carbocycles. The Hall–Kier alpha value is -0.540. The molecule has 1 aromatic rings. The zero-order chi connectivity index (χ0) is 9.84. The molecule has 1 unspecified atom stereocenters. The summed E-state index contributed by atoms with van der Waals surface area (Å²) in [6.45, 7) is 5.87. The second kappa shape index (κ2) is 4.63. The SMILES string of the molecule is C=C(CC)CC(O)c1ccoc1Br. The van der Waals surface area contributed by atoms with E-state index in [0.29, 0.717) is 11.1 Å². The summed E-state index contributed by atoms with van der Waals surface area (Å²) in [5.74, 6) is 0. The van der Waals surface area contributed by atoms with Gasteiger partial charge in [-0.1, -0.05) is 19.1 Å². The molecular formula is C10H13BrO2. The quantitative estimate of drug-likeness (QED) is 0.824. The second-order valence-electron chi connectivity index (χ2n) is 2.97. The summed E-state index contributed by atoms with van der Waals surface area (Å²) in [4.78, 5) is 0. The lowest BCUT2D eigenvalue weighted by molar-refractivity contribution is 0.175. The molecule has 0 radical (unpaired) electrons. The van der Waals surface area contributed by atoms with Gasteiger partial charge < -0.3 is 9.52 Å². The van der Waals surface area contributed by atoms with Crippen molar-refractivity contribution in [3.8, 4) is 0 Å². The second-order valence-corrected chi connectivity index (χ2v) is 3.69. The average molecular weight is 245 g/mol. The summed E-state index contributed by atoms with van der Waals surface area (Å²) < 4.78 is 5.63. The van der Waals surface area contributed by atoms with Crippen LogP contribution >= 0.6 is 15.9 Å². The Kier molecular flexibility index (Phi) is 3.75. The van der Waals surface area contributed by atoms with Crippen LogP contribution in [0, 0.1) is 0 Å². The van der Waals surface area contributed by atoms with Gasteiger partial charge in [-0.2, -0.15) is 0 Å². The summed E-state index contributed by atoms with van der Waals surface area (Å²) in [5.41, 5.74) is 1.83. The lowest BCUT2D eigenvalue weighted by Gasteiger charge is -2.09. The van der Waals surface area contributed by atoms with Crippen LogP contribution in [0.3, 0.4) is 0 Å². The van der Waals surface area contributed by atoms with Gasteiger partial charge in [0.15, 0.2) is 4.67 Å². The monoisotopic (exact) mass is 244 g/mol. The molecule has 2 nitrogen and oxygen atoms in total. The number of furan rings is 1. The van der Waals surface area contributed by atoms with Crippen LogP contribution in [0.15, 0.2) is 33.6 Å². The number of aliphatic hydroxyl groups is 1. The lowest BCUT2D eigenvalue weighted by atomic mass is 10.0.